The number of piperidine rings is 1. The fourth-order valence-corrected chi connectivity index (χ4v) is 3.67. The molecular weight excluding hydrogens is 220 g/mol. The van der Waals surface area contributed by atoms with E-state index in [-0.39, 0.29) is 0 Å². The molecule has 2 heteroatoms. The number of benzene rings is 1. The molecule has 2 atom stereocenters. The second kappa shape index (κ2) is 4.93. The molecule has 1 aromatic rings. The lowest BCUT2D eigenvalue weighted by atomic mass is 9.90. The van der Waals surface area contributed by atoms with Crippen LogP contribution in [0.1, 0.15) is 31.4 Å². The summed E-state index contributed by atoms with van der Waals surface area (Å²) >= 11 is 0. The average Bonchev–Trinajstić information content (AvgIpc) is 2.37. The molecule has 0 aliphatic carbocycles. The Bertz CT molecular complexity index is 417. The summed E-state index contributed by atoms with van der Waals surface area (Å²) in [5.74, 6) is 1.65. The number of nitrogens with one attached hydrogen (secondary N) is 1. The van der Waals surface area contributed by atoms with E-state index in [1.54, 1.807) is 5.56 Å². The zero-order chi connectivity index (χ0) is 12.5. The van der Waals surface area contributed by atoms with Crippen LogP contribution in [0.25, 0.3) is 0 Å². The first-order valence-electron chi connectivity index (χ1n) is 7.30. The maximum absolute atomic E-state index is 3.47. The first kappa shape index (κ1) is 12.0. The number of anilines is 1. The molecule has 0 spiro atoms. The highest BCUT2D eigenvalue weighted by Crippen LogP contribution is 2.31. The van der Waals surface area contributed by atoms with Crippen LogP contribution in [0.4, 0.5) is 5.69 Å². The number of hydrogen-bond donors (Lipinski definition) is 1. The highest BCUT2D eigenvalue weighted by atomic mass is 15.1. The van der Waals surface area contributed by atoms with Crippen molar-refractivity contribution in [1.82, 2.24) is 5.32 Å². The van der Waals surface area contributed by atoms with Crippen molar-refractivity contribution in [3.63, 3.8) is 0 Å². The fourth-order valence-electron chi connectivity index (χ4n) is 3.67. The van der Waals surface area contributed by atoms with Crippen molar-refractivity contribution in [3.05, 3.63) is 29.3 Å². The van der Waals surface area contributed by atoms with Gasteiger partial charge in [-0.05, 0) is 48.4 Å². The van der Waals surface area contributed by atoms with Gasteiger partial charge in [-0.2, -0.15) is 0 Å². The van der Waals surface area contributed by atoms with Crippen LogP contribution < -0.4 is 10.2 Å². The molecule has 2 heterocycles. The highest BCUT2D eigenvalue weighted by molar-refractivity contribution is 5.58. The van der Waals surface area contributed by atoms with Gasteiger partial charge in [0.1, 0.15) is 0 Å². The topological polar surface area (TPSA) is 15.3 Å². The Morgan fingerprint density at radius 1 is 1.17 bits per heavy atom. The second-order valence-corrected chi connectivity index (χ2v) is 6.19. The number of hydrogen-bond acceptors (Lipinski definition) is 2. The summed E-state index contributed by atoms with van der Waals surface area (Å²) in [6.07, 6.45) is 2.57. The Morgan fingerprint density at radius 3 is 2.72 bits per heavy atom. The van der Waals surface area contributed by atoms with E-state index in [0.29, 0.717) is 0 Å². The number of fused-ring (bicyclic) bond motifs is 1. The van der Waals surface area contributed by atoms with E-state index in [1.165, 1.54) is 37.2 Å². The Hall–Kier alpha value is -1.02. The molecule has 2 nitrogen and oxygen atoms in total. The Balaban J connectivity index is 1.91. The summed E-state index contributed by atoms with van der Waals surface area (Å²) in [5.41, 5.74) is 4.61. The van der Waals surface area contributed by atoms with Crippen LogP contribution in [0.2, 0.25) is 0 Å². The van der Waals surface area contributed by atoms with Crippen molar-refractivity contribution in [2.75, 3.05) is 24.5 Å². The molecule has 0 aromatic heterocycles. The molecule has 3 rings (SSSR count). The lowest BCUT2D eigenvalue weighted by Gasteiger charge is -2.38. The molecule has 1 saturated heterocycles. The molecule has 1 N–H and O–H groups in total. The van der Waals surface area contributed by atoms with Crippen LogP contribution in [0.3, 0.4) is 0 Å². The predicted octanol–water partition coefficient (Wildman–Crippen LogP) is 2.81. The summed E-state index contributed by atoms with van der Waals surface area (Å²) < 4.78 is 0. The number of rotatable bonds is 1. The zero-order valence-electron chi connectivity index (χ0n) is 11.6. The summed E-state index contributed by atoms with van der Waals surface area (Å²) in [6, 6.07) is 6.84. The minimum absolute atomic E-state index is 0.825. The van der Waals surface area contributed by atoms with Gasteiger partial charge < -0.3 is 10.2 Å². The Labute approximate surface area is 110 Å². The molecule has 2 unspecified atom stereocenters. The van der Waals surface area contributed by atoms with Gasteiger partial charge in [-0.3, -0.25) is 0 Å². The van der Waals surface area contributed by atoms with E-state index in [9.17, 15) is 0 Å². The lowest BCUT2D eigenvalue weighted by molar-refractivity contribution is 0.356. The van der Waals surface area contributed by atoms with E-state index in [0.717, 1.165) is 24.9 Å². The molecule has 0 saturated carbocycles. The molecule has 0 bridgehead atoms. The molecule has 0 amide bonds. The van der Waals surface area contributed by atoms with Gasteiger partial charge in [0.05, 0.1) is 0 Å². The van der Waals surface area contributed by atoms with Crippen molar-refractivity contribution >= 4 is 5.69 Å². The van der Waals surface area contributed by atoms with Gasteiger partial charge in [0.25, 0.3) is 0 Å². The molecule has 1 aromatic carbocycles. The van der Waals surface area contributed by atoms with Crippen molar-refractivity contribution in [1.29, 1.82) is 0 Å². The van der Waals surface area contributed by atoms with Crippen LogP contribution in [0.15, 0.2) is 18.2 Å². The first-order valence-corrected chi connectivity index (χ1v) is 7.30. The quantitative estimate of drug-likeness (QED) is 0.817. The molecular formula is C16H24N2. The van der Waals surface area contributed by atoms with Gasteiger partial charge in [-0.1, -0.05) is 26.0 Å². The summed E-state index contributed by atoms with van der Waals surface area (Å²) in [7, 11) is 0. The summed E-state index contributed by atoms with van der Waals surface area (Å²) in [5, 5.41) is 3.47. The molecule has 0 radical (unpaired) electrons. The molecule has 2 aliphatic rings. The summed E-state index contributed by atoms with van der Waals surface area (Å²) in [6.45, 7) is 9.41. The van der Waals surface area contributed by atoms with Crippen LogP contribution >= 0.6 is 0 Å². The fraction of sp³-hybridized carbons (Fsp3) is 0.625. The maximum atomic E-state index is 3.47. The standard InChI is InChI=1S/C16H24N2/c1-12-8-13(2)11-18(10-12)16-5-3-4-14-9-17-7-6-15(14)16/h3-5,12-13,17H,6-11H2,1-2H3. The average molecular weight is 244 g/mol. The smallest absolute Gasteiger partial charge is 0.0402 e. The normalized spacial score (nSPS) is 28.0. The summed E-state index contributed by atoms with van der Waals surface area (Å²) in [4.78, 5) is 2.63. The minimum Gasteiger partial charge on any atom is -0.371 e. The van der Waals surface area contributed by atoms with Gasteiger partial charge in [0.15, 0.2) is 0 Å². The van der Waals surface area contributed by atoms with Crippen LogP contribution in [0, 0.1) is 11.8 Å². The van der Waals surface area contributed by atoms with Gasteiger partial charge in [-0.25, -0.2) is 0 Å². The monoisotopic (exact) mass is 244 g/mol. The van der Waals surface area contributed by atoms with E-state index >= 15 is 0 Å². The van der Waals surface area contributed by atoms with Crippen molar-refractivity contribution < 1.29 is 0 Å². The van der Waals surface area contributed by atoms with E-state index in [1.807, 2.05) is 0 Å². The van der Waals surface area contributed by atoms with Crippen LogP contribution in [-0.4, -0.2) is 19.6 Å². The van der Waals surface area contributed by atoms with Crippen LogP contribution in [0.5, 0.6) is 0 Å². The molecule has 2 aliphatic heterocycles. The Kier molecular flexibility index (Phi) is 3.29. The van der Waals surface area contributed by atoms with E-state index in [2.05, 4.69) is 42.3 Å². The Morgan fingerprint density at radius 2 is 1.94 bits per heavy atom. The van der Waals surface area contributed by atoms with Crippen LogP contribution in [-0.2, 0) is 13.0 Å². The lowest BCUT2D eigenvalue weighted by Crippen LogP contribution is -2.40. The van der Waals surface area contributed by atoms with Crippen molar-refractivity contribution in [2.45, 2.75) is 33.2 Å². The van der Waals surface area contributed by atoms with E-state index < -0.39 is 0 Å². The largest absolute Gasteiger partial charge is 0.371 e. The maximum Gasteiger partial charge on any atom is 0.0402 e. The van der Waals surface area contributed by atoms with Gasteiger partial charge >= 0.3 is 0 Å². The van der Waals surface area contributed by atoms with Gasteiger partial charge in [0.2, 0.25) is 0 Å². The molecule has 98 valence electrons. The third-order valence-electron chi connectivity index (χ3n) is 4.33. The van der Waals surface area contributed by atoms with Gasteiger partial charge in [-0.15, -0.1) is 0 Å². The van der Waals surface area contributed by atoms with Gasteiger partial charge in [0, 0.05) is 25.3 Å². The van der Waals surface area contributed by atoms with Crippen molar-refractivity contribution in [2.24, 2.45) is 11.8 Å². The first-order chi connectivity index (χ1) is 8.74. The second-order valence-electron chi connectivity index (χ2n) is 6.19. The highest BCUT2D eigenvalue weighted by Gasteiger charge is 2.24. The predicted molar refractivity (Wildman–Crippen MR) is 77.0 cm³/mol. The van der Waals surface area contributed by atoms with E-state index in [4.69, 9.17) is 0 Å². The zero-order valence-corrected chi connectivity index (χ0v) is 11.6. The SMILES string of the molecule is CC1CC(C)CN(c2cccc3c2CCNC3)C1. The van der Waals surface area contributed by atoms with Crippen molar-refractivity contribution in [3.8, 4) is 0 Å². The minimum atomic E-state index is 0.825. The third kappa shape index (κ3) is 2.26. The molecule has 18 heavy (non-hydrogen) atoms. The molecule has 1 fully saturated rings. The third-order valence-corrected chi connectivity index (χ3v) is 4.33. The number of nitrogens with zero attached hydrogens (tertiary/aromatic N) is 1.